The molecule has 0 atom stereocenters. The highest BCUT2D eigenvalue weighted by molar-refractivity contribution is 5.78. The molecular weight excluding hydrogens is 252 g/mol. The van der Waals surface area contributed by atoms with E-state index in [1.807, 2.05) is 26.2 Å². The van der Waals surface area contributed by atoms with Gasteiger partial charge in [0.1, 0.15) is 0 Å². The van der Waals surface area contributed by atoms with E-state index in [2.05, 4.69) is 17.0 Å². The molecule has 4 nitrogen and oxygen atoms in total. The molecule has 110 valence electrons. The first-order valence-corrected chi connectivity index (χ1v) is 7.22. The monoisotopic (exact) mass is 276 g/mol. The van der Waals surface area contributed by atoms with Crippen LogP contribution in [0.2, 0.25) is 0 Å². The number of nitrogens with zero attached hydrogens (tertiary/aromatic N) is 2. The molecular formula is C16H24N2O2. The highest BCUT2D eigenvalue weighted by Crippen LogP contribution is 2.20. The molecule has 1 fully saturated rings. The van der Waals surface area contributed by atoms with Crippen molar-refractivity contribution in [1.29, 1.82) is 0 Å². The maximum Gasteiger partial charge on any atom is 0.225 e. The van der Waals surface area contributed by atoms with E-state index in [0.717, 1.165) is 38.0 Å². The summed E-state index contributed by atoms with van der Waals surface area (Å²) in [5.74, 6) is 0.454. The van der Waals surface area contributed by atoms with Crippen molar-refractivity contribution in [3.63, 3.8) is 0 Å². The first-order valence-electron chi connectivity index (χ1n) is 7.22. The summed E-state index contributed by atoms with van der Waals surface area (Å²) in [6.07, 6.45) is 1.90. The molecule has 0 radical (unpaired) electrons. The number of likely N-dealkylation sites (tertiary alicyclic amines) is 1. The summed E-state index contributed by atoms with van der Waals surface area (Å²) < 4.78 is 0. The van der Waals surface area contributed by atoms with E-state index >= 15 is 0 Å². The van der Waals surface area contributed by atoms with Gasteiger partial charge in [-0.3, -0.25) is 9.69 Å². The molecule has 20 heavy (non-hydrogen) atoms. The van der Waals surface area contributed by atoms with Gasteiger partial charge in [-0.25, -0.2) is 0 Å². The maximum atomic E-state index is 11.9. The molecule has 0 aliphatic carbocycles. The molecule has 1 N–H and O–H groups in total. The normalized spacial score (nSPS) is 17.1. The largest absolute Gasteiger partial charge is 0.392 e. The average Bonchev–Trinajstić information content (AvgIpc) is 2.48. The van der Waals surface area contributed by atoms with Gasteiger partial charge in [-0.05, 0) is 37.1 Å². The number of amides is 1. The molecule has 0 bridgehead atoms. The molecule has 1 aromatic rings. The van der Waals surface area contributed by atoms with Gasteiger partial charge in [0.05, 0.1) is 6.61 Å². The minimum absolute atomic E-state index is 0.0956. The van der Waals surface area contributed by atoms with Crippen LogP contribution in [0.15, 0.2) is 24.3 Å². The molecule has 4 heteroatoms. The number of aliphatic hydroxyl groups is 1. The Kier molecular flexibility index (Phi) is 5.15. The maximum absolute atomic E-state index is 11.9. The number of benzene rings is 1. The number of aliphatic hydroxyl groups excluding tert-OH is 1. The van der Waals surface area contributed by atoms with Crippen LogP contribution in [0.1, 0.15) is 24.0 Å². The second-order valence-electron chi connectivity index (χ2n) is 5.76. The van der Waals surface area contributed by atoms with Crippen molar-refractivity contribution >= 4 is 5.91 Å². The smallest absolute Gasteiger partial charge is 0.225 e. The minimum Gasteiger partial charge on any atom is -0.392 e. The zero-order valence-corrected chi connectivity index (χ0v) is 12.4. The van der Waals surface area contributed by atoms with Crippen LogP contribution in [0.5, 0.6) is 0 Å². The van der Waals surface area contributed by atoms with Crippen molar-refractivity contribution < 1.29 is 9.90 Å². The zero-order valence-electron chi connectivity index (χ0n) is 12.4. The summed E-state index contributed by atoms with van der Waals surface area (Å²) in [6.45, 7) is 2.98. The number of hydrogen-bond donors (Lipinski definition) is 1. The van der Waals surface area contributed by atoms with Gasteiger partial charge in [0.25, 0.3) is 0 Å². The van der Waals surface area contributed by atoms with E-state index in [-0.39, 0.29) is 18.4 Å². The number of hydrogen-bond acceptors (Lipinski definition) is 3. The van der Waals surface area contributed by atoms with Gasteiger partial charge in [-0.2, -0.15) is 0 Å². The second kappa shape index (κ2) is 6.86. The van der Waals surface area contributed by atoms with Crippen molar-refractivity contribution in [3.05, 3.63) is 35.4 Å². The Morgan fingerprint density at radius 3 is 2.25 bits per heavy atom. The van der Waals surface area contributed by atoms with Gasteiger partial charge in [-0.1, -0.05) is 24.3 Å². The lowest BCUT2D eigenvalue weighted by atomic mass is 9.95. The summed E-state index contributed by atoms with van der Waals surface area (Å²) in [5.41, 5.74) is 2.21. The highest BCUT2D eigenvalue weighted by atomic mass is 16.3. The van der Waals surface area contributed by atoms with Crippen molar-refractivity contribution in [2.45, 2.75) is 26.0 Å². The Morgan fingerprint density at radius 2 is 1.75 bits per heavy atom. The lowest BCUT2D eigenvalue weighted by molar-refractivity contribution is -0.134. The average molecular weight is 276 g/mol. The van der Waals surface area contributed by atoms with Crippen molar-refractivity contribution in [1.82, 2.24) is 9.80 Å². The van der Waals surface area contributed by atoms with Crippen molar-refractivity contribution in [3.8, 4) is 0 Å². The van der Waals surface area contributed by atoms with Crippen LogP contribution < -0.4 is 0 Å². The molecule has 1 aromatic carbocycles. The Balaban J connectivity index is 1.83. The van der Waals surface area contributed by atoms with E-state index in [1.54, 1.807) is 4.90 Å². The van der Waals surface area contributed by atoms with Gasteiger partial charge >= 0.3 is 0 Å². The van der Waals surface area contributed by atoms with E-state index < -0.39 is 0 Å². The quantitative estimate of drug-likeness (QED) is 0.906. The third kappa shape index (κ3) is 3.81. The summed E-state index contributed by atoms with van der Waals surface area (Å²) >= 11 is 0. The predicted molar refractivity (Wildman–Crippen MR) is 79.1 cm³/mol. The van der Waals surface area contributed by atoms with Crippen LogP contribution in [-0.2, 0) is 17.9 Å². The van der Waals surface area contributed by atoms with E-state index in [1.165, 1.54) is 5.56 Å². The molecule has 0 unspecified atom stereocenters. The first kappa shape index (κ1) is 15.0. The second-order valence-corrected chi connectivity index (χ2v) is 5.76. The Hall–Kier alpha value is -1.39. The Morgan fingerprint density at radius 1 is 1.20 bits per heavy atom. The van der Waals surface area contributed by atoms with Gasteiger partial charge in [0, 0.05) is 26.6 Å². The number of piperidine rings is 1. The molecule has 2 rings (SSSR count). The highest BCUT2D eigenvalue weighted by Gasteiger charge is 2.25. The fourth-order valence-corrected chi connectivity index (χ4v) is 2.71. The van der Waals surface area contributed by atoms with Gasteiger partial charge < -0.3 is 10.0 Å². The van der Waals surface area contributed by atoms with Crippen LogP contribution in [0.4, 0.5) is 0 Å². The summed E-state index contributed by atoms with van der Waals surface area (Å²) in [6, 6.07) is 8.08. The van der Waals surface area contributed by atoms with Gasteiger partial charge in [0.15, 0.2) is 0 Å². The Labute approximate surface area is 121 Å². The third-order valence-corrected chi connectivity index (χ3v) is 3.99. The van der Waals surface area contributed by atoms with Crippen LogP contribution in [0.3, 0.4) is 0 Å². The van der Waals surface area contributed by atoms with Crippen LogP contribution in [0.25, 0.3) is 0 Å². The first-order chi connectivity index (χ1) is 9.60. The molecule has 1 amide bonds. The van der Waals surface area contributed by atoms with Crippen LogP contribution >= 0.6 is 0 Å². The predicted octanol–water partition coefficient (Wildman–Crippen LogP) is 1.48. The minimum atomic E-state index is 0.0956. The lowest BCUT2D eigenvalue weighted by Crippen LogP contribution is -2.39. The standard InChI is InChI=1S/C16H24N2O2/c1-17(2)16(20)15-7-9-18(10-8-15)11-13-3-5-14(12-19)6-4-13/h3-6,15,19H,7-12H2,1-2H3. The summed E-state index contributed by atoms with van der Waals surface area (Å²) in [5, 5.41) is 9.03. The SMILES string of the molecule is CN(C)C(=O)C1CCN(Cc2ccc(CO)cc2)CC1. The molecule has 1 aliphatic heterocycles. The van der Waals surface area contributed by atoms with Gasteiger partial charge in [-0.15, -0.1) is 0 Å². The number of rotatable bonds is 4. The zero-order chi connectivity index (χ0) is 14.5. The summed E-state index contributed by atoms with van der Waals surface area (Å²) in [4.78, 5) is 16.0. The lowest BCUT2D eigenvalue weighted by Gasteiger charge is -2.32. The van der Waals surface area contributed by atoms with E-state index in [0.29, 0.717) is 0 Å². The fraction of sp³-hybridized carbons (Fsp3) is 0.562. The molecule has 1 saturated heterocycles. The summed E-state index contributed by atoms with van der Waals surface area (Å²) in [7, 11) is 3.66. The molecule has 1 aliphatic rings. The molecule has 0 saturated carbocycles. The van der Waals surface area contributed by atoms with Crippen molar-refractivity contribution in [2.75, 3.05) is 27.2 Å². The molecule has 0 spiro atoms. The van der Waals surface area contributed by atoms with Gasteiger partial charge in [0.2, 0.25) is 5.91 Å². The van der Waals surface area contributed by atoms with E-state index in [9.17, 15) is 4.79 Å². The Bertz CT molecular complexity index is 434. The number of carbonyl (C=O) groups excluding carboxylic acids is 1. The fourth-order valence-electron chi connectivity index (χ4n) is 2.71. The topological polar surface area (TPSA) is 43.8 Å². The number of carbonyl (C=O) groups is 1. The molecule has 0 aromatic heterocycles. The van der Waals surface area contributed by atoms with Crippen LogP contribution in [-0.4, -0.2) is 48.0 Å². The third-order valence-electron chi connectivity index (χ3n) is 3.99. The van der Waals surface area contributed by atoms with Crippen molar-refractivity contribution in [2.24, 2.45) is 5.92 Å². The molecule has 1 heterocycles. The van der Waals surface area contributed by atoms with E-state index in [4.69, 9.17) is 5.11 Å². The van der Waals surface area contributed by atoms with Crippen LogP contribution in [0, 0.1) is 5.92 Å².